The molecule has 35 heavy (non-hydrogen) atoms. The summed E-state index contributed by atoms with van der Waals surface area (Å²) in [4.78, 5) is 32.1. The number of aromatic nitrogens is 3. The summed E-state index contributed by atoms with van der Waals surface area (Å²) in [5.74, 6) is 0.917. The molecule has 0 bridgehead atoms. The van der Waals surface area contributed by atoms with Crippen molar-refractivity contribution < 1.29 is 9.18 Å². The number of nitrogens with one attached hydrogen (secondary N) is 1. The van der Waals surface area contributed by atoms with E-state index in [-0.39, 0.29) is 23.0 Å². The van der Waals surface area contributed by atoms with Gasteiger partial charge in [0.2, 0.25) is 5.95 Å². The summed E-state index contributed by atoms with van der Waals surface area (Å²) in [5.41, 5.74) is 3.03. The Bertz CT molecular complexity index is 1300. The number of hydrogen-bond donors (Lipinski definition) is 1. The van der Waals surface area contributed by atoms with Crippen LogP contribution in [0.3, 0.4) is 0 Å². The van der Waals surface area contributed by atoms with Crippen LogP contribution in [0.25, 0.3) is 10.6 Å². The van der Waals surface area contributed by atoms with Crippen LogP contribution in [0.1, 0.15) is 58.0 Å². The Hall–Kier alpha value is -2.91. The van der Waals surface area contributed by atoms with Crippen LogP contribution >= 0.6 is 11.3 Å². The van der Waals surface area contributed by atoms with Gasteiger partial charge in [0.15, 0.2) is 5.82 Å². The Balaban J connectivity index is 1.28. The number of halogens is 1. The minimum absolute atomic E-state index is 0.0128. The zero-order valence-corrected chi connectivity index (χ0v) is 21.1. The fourth-order valence-electron chi connectivity index (χ4n) is 5.56. The highest BCUT2D eigenvalue weighted by molar-refractivity contribution is 7.16. The molecule has 5 heterocycles. The molecule has 1 unspecified atom stereocenters. The van der Waals surface area contributed by atoms with Crippen LogP contribution in [0.2, 0.25) is 0 Å². The maximum absolute atomic E-state index is 15.0. The lowest BCUT2D eigenvalue weighted by molar-refractivity contribution is 0.0760. The first-order valence-electron chi connectivity index (χ1n) is 12.2. The largest absolute Gasteiger partial charge is 0.341 e. The van der Waals surface area contributed by atoms with Gasteiger partial charge < -0.3 is 15.1 Å². The van der Waals surface area contributed by atoms with Crippen molar-refractivity contribution in [2.75, 3.05) is 39.0 Å². The summed E-state index contributed by atoms with van der Waals surface area (Å²) in [6.07, 6.45) is 7.60. The predicted molar refractivity (Wildman–Crippen MR) is 135 cm³/mol. The van der Waals surface area contributed by atoms with Crippen LogP contribution in [0.4, 0.5) is 16.2 Å². The van der Waals surface area contributed by atoms with Gasteiger partial charge in [-0.15, -0.1) is 11.3 Å². The molecule has 2 aliphatic heterocycles. The van der Waals surface area contributed by atoms with Crippen molar-refractivity contribution in [2.24, 2.45) is 0 Å². The van der Waals surface area contributed by atoms with Crippen molar-refractivity contribution in [1.29, 1.82) is 0 Å². The third-order valence-electron chi connectivity index (χ3n) is 7.66. The minimum Gasteiger partial charge on any atom is -0.341 e. The van der Waals surface area contributed by atoms with Gasteiger partial charge in [-0.25, -0.2) is 19.3 Å². The van der Waals surface area contributed by atoms with Crippen molar-refractivity contribution in [3.8, 4) is 10.6 Å². The third-order valence-corrected chi connectivity index (χ3v) is 9.21. The van der Waals surface area contributed by atoms with Gasteiger partial charge in [-0.3, -0.25) is 4.79 Å². The van der Waals surface area contributed by atoms with Crippen molar-refractivity contribution in [1.82, 2.24) is 24.8 Å². The third kappa shape index (κ3) is 3.90. The minimum atomic E-state index is -0.493. The van der Waals surface area contributed by atoms with Gasteiger partial charge in [0, 0.05) is 36.6 Å². The fourth-order valence-corrected chi connectivity index (χ4v) is 7.08. The lowest BCUT2D eigenvalue weighted by atomic mass is 9.92. The number of piperidine rings is 1. The van der Waals surface area contributed by atoms with E-state index in [0.717, 1.165) is 48.5 Å². The molecule has 1 aliphatic carbocycles. The lowest BCUT2D eigenvalue weighted by Gasteiger charge is -2.30. The Kier molecular flexibility index (Phi) is 5.37. The summed E-state index contributed by atoms with van der Waals surface area (Å²) < 4.78 is 15.0. The van der Waals surface area contributed by atoms with Gasteiger partial charge in [0.05, 0.1) is 16.6 Å². The van der Waals surface area contributed by atoms with Gasteiger partial charge in [0.1, 0.15) is 11.5 Å². The molecule has 3 aromatic rings. The molecular weight excluding hydrogens is 463 g/mol. The number of rotatable bonds is 4. The number of amides is 1. The number of likely N-dealkylation sites (N-methyl/N-ethyl adjacent to an activating group) is 2. The predicted octanol–water partition coefficient (Wildman–Crippen LogP) is 4.72. The first-order chi connectivity index (χ1) is 16.8. The monoisotopic (exact) mass is 492 g/mol. The second kappa shape index (κ2) is 8.34. The molecule has 7 nitrogen and oxygen atoms in total. The van der Waals surface area contributed by atoms with E-state index in [1.807, 2.05) is 26.2 Å². The Morgan fingerprint density at radius 2 is 2.03 bits per heavy atom. The Morgan fingerprint density at radius 1 is 1.20 bits per heavy atom. The zero-order valence-electron chi connectivity index (χ0n) is 20.3. The molecule has 3 aromatic heterocycles. The van der Waals surface area contributed by atoms with Crippen LogP contribution in [0.15, 0.2) is 24.5 Å². The van der Waals surface area contributed by atoms with Crippen LogP contribution in [0, 0.1) is 12.7 Å². The molecule has 2 fully saturated rings. The topological polar surface area (TPSA) is 74.2 Å². The second-order valence-electron chi connectivity index (χ2n) is 10.3. The summed E-state index contributed by atoms with van der Waals surface area (Å²) in [6.45, 7) is 4.82. The van der Waals surface area contributed by atoms with Gasteiger partial charge >= 0.3 is 0 Å². The normalized spacial score (nSPS) is 21.3. The molecule has 0 radical (unpaired) electrons. The number of pyridine rings is 1. The highest BCUT2D eigenvalue weighted by Gasteiger charge is 2.53. The van der Waals surface area contributed by atoms with Gasteiger partial charge in [-0.2, -0.15) is 0 Å². The molecule has 9 heteroatoms. The standard InChI is InChI=1S/C26H29FN6OS/c1-15-20-23(26(8-9-26)14-33(3)24(20)34)35-22(15)21-18(27)12-29-25(31-21)30-19-7-6-16(11-28-19)17-5-4-10-32(2)13-17/h6-7,11-12,17H,4-5,8-10,13-14H2,1-3H3,(H,28,29,30,31). The number of fused-ring (bicyclic) bond motifs is 2. The highest BCUT2D eigenvalue weighted by atomic mass is 32.1. The molecule has 1 amide bonds. The average molecular weight is 493 g/mol. The van der Waals surface area contributed by atoms with Gasteiger partial charge in [-0.1, -0.05) is 6.07 Å². The summed E-state index contributed by atoms with van der Waals surface area (Å²) in [5, 5.41) is 3.12. The molecule has 3 aliphatic rings. The maximum atomic E-state index is 15.0. The molecule has 1 atom stereocenters. The van der Waals surface area contributed by atoms with Crippen molar-refractivity contribution in [3.05, 3.63) is 51.9 Å². The van der Waals surface area contributed by atoms with E-state index in [4.69, 9.17) is 0 Å². The lowest BCUT2D eigenvalue weighted by Crippen LogP contribution is -2.40. The number of likely N-dealkylation sites (tertiary alicyclic amines) is 1. The van der Waals surface area contributed by atoms with Crippen molar-refractivity contribution >= 4 is 29.0 Å². The average Bonchev–Trinajstić information content (AvgIpc) is 3.53. The summed E-state index contributed by atoms with van der Waals surface area (Å²) in [6, 6.07) is 4.02. The van der Waals surface area contributed by atoms with E-state index >= 15 is 0 Å². The molecule has 182 valence electrons. The van der Waals surface area contributed by atoms with E-state index in [0.29, 0.717) is 16.6 Å². The molecule has 6 rings (SSSR count). The smallest absolute Gasteiger partial charge is 0.255 e. The molecule has 1 saturated carbocycles. The Labute approximate surface area is 208 Å². The number of carbonyl (C=O) groups is 1. The van der Waals surface area contributed by atoms with Crippen LogP contribution in [-0.4, -0.2) is 64.4 Å². The first kappa shape index (κ1) is 22.5. The summed E-state index contributed by atoms with van der Waals surface area (Å²) in [7, 11) is 4.00. The van der Waals surface area contributed by atoms with E-state index in [9.17, 15) is 9.18 Å². The maximum Gasteiger partial charge on any atom is 0.255 e. The van der Waals surface area contributed by atoms with Gasteiger partial charge in [0.25, 0.3) is 5.91 Å². The number of hydrogen-bond acceptors (Lipinski definition) is 7. The van der Waals surface area contributed by atoms with E-state index in [1.165, 1.54) is 35.9 Å². The fraction of sp³-hybridized carbons (Fsp3) is 0.462. The Morgan fingerprint density at radius 3 is 2.74 bits per heavy atom. The number of nitrogens with zero attached hydrogens (tertiary/aromatic N) is 5. The van der Waals surface area contributed by atoms with Crippen molar-refractivity contribution in [2.45, 2.75) is 43.9 Å². The van der Waals surface area contributed by atoms with E-state index in [1.54, 1.807) is 4.90 Å². The van der Waals surface area contributed by atoms with Crippen molar-refractivity contribution in [3.63, 3.8) is 0 Å². The van der Waals surface area contributed by atoms with Crippen LogP contribution in [-0.2, 0) is 5.41 Å². The van der Waals surface area contributed by atoms with Crippen LogP contribution in [0.5, 0.6) is 0 Å². The highest BCUT2D eigenvalue weighted by Crippen LogP contribution is 2.57. The van der Waals surface area contributed by atoms with Crippen LogP contribution < -0.4 is 5.32 Å². The van der Waals surface area contributed by atoms with E-state index < -0.39 is 5.82 Å². The molecular formula is C26H29FN6OS. The van der Waals surface area contributed by atoms with E-state index in [2.05, 4.69) is 38.3 Å². The zero-order chi connectivity index (χ0) is 24.3. The number of thiophene rings is 1. The molecule has 1 N–H and O–H groups in total. The summed E-state index contributed by atoms with van der Waals surface area (Å²) >= 11 is 1.51. The molecule has 1 spiro atoms. The first-order valence-corrected chi connectivity index (χ1v) is 13.0. The van der Waals surface area contributed by atoms with Gasteiger partial charge in [-0.05, 0) is 69.3 Å². The SMILES string of the molecule is Cc1c(-c2nc(Nc3ccc(C4CCCN(C)C4)cn3)ncc2F)sc2c1C(=O)N(C)CC21CC1. The molecule has 1 saturated heterocycles. The molecule has 0 aromatic carbocycles. The second-order valence-corrected chi connectivity index (χ2v) is 11.3. The number of anilines is 2. The quantitative estimate of drug-likeness (QED) is 0.568. The number of carbonyl (C=O) groups excluding carboxylic acids is 1.